The van der Waals surface area contributed by atoms with Crippen LogP contribution in [0.25, 0.3) is 0 Å². The zero-order chi connectivity index (χ0) is 23.0. The molecule has 0 bridgehead atoms. The molecule has 0 heterocycles. The number of benzene rings is 2. The summed E-state index contributed by atoms with van der Waals surface area (Å²) in [7, 11) is 1.49. The van der Waals surface area contributed by atoms with E-state index in [0.717, 1.165) is 15.6 Å². The third-order valence-corrected chi connectivity index (χ3v) is 5.67. The molecule has 2 aromatic rings. The quantitative estimate of drug-likeness (QED) is 0.461. The fourth-order valence-electron chi connectivity index (χ4n) is 2.71. The smallest absolute Gasteiger partial charge is 0.306 e. The van der Waals surface area contributed by atoms with Crippen LogP contribution in [-0.2, 0) is 19.1 Å². The number of esters is 1. The van der Waals surface area contributed by atoms with Gasteiger partial charge in [0.1, 0.15) is 5.75 Å². The SMILES string of the molecule is COc1ccc(Cl)cc1NC(=O)CCCC(=O)OCC(=O)Nc1ccc(Br)c(C)c1C. The molecule has 0 spiro atoms. The molecular weight excluding hydrogens is 488 g/mol. The van der Waals surface area contributed by atoms with Gasteiger partial charge in [-0.05, 0) is 61.7 Å². The Morgan fingerprint density at radius 2 is 1.68 bits per heavy atom. The number of halogens is 2. The summed E-state index contributed by atoms with van der Waals surface area (Å²) in [6.07, 6.45) is 0.401. The van der Waals surface area contributed by atoms with Crippen LogP contribution in [0.2, 0.25) is 5.02 Å². The molecule has 9 heteroatoms. The Hall–Kier alpha value is -2.58. The number of anilines is 2. The number of carbonyl (C=O) groups excluding carboxylic acids is 3. The van der Waals surface area contributed by atoms with E-state index in [2.05, 4.69) is 26.6 Å². The van der Waals surface area contributed by atoms with Crippen molar-refractivity contribution in [1.82, 2.24) is 0 Å². The molecule has 0 aromatic heterocycles. The number of hydrogen-bond acceptors (Lipinski definition) is 5. The fourth-order valence-corrected chi connectivity index (χ4v) is 3.31. The third-order valence-electron chi connectivity index (χ3n) is 4.58. The van der Waals surface area contributed by atoms with E-state index in [1.165, 1.54) is 7.11 Å². The second-order valence-electron chi connectivity index (χ2n) is 6.80. The van der Waals surface area contributed by atoms with Crippen LogP contribution in [0.4, 0.5) is 11.4 Å². The summed E-state index contributed by atoms with van der Waals surface area (Å²) in [6.45, 7) is 3.44. The van der Waals surface area contributed by atoms with Gasteiger partial charge in [0.25, 0.3) is 5.91 Å². The molecule has 2 aromatic carbocycles. The van der Waals surface area contributed by atoms with Crippen molar-refractivity contribution in [1.29, 1.82) is 0 Å². The van der Waals surface area contributed by atoms with Gasteiger partial charge in [0.05, 0.1) is 12.8 Å². The van der Waals surface area contributed by atoms with E-state index in [0.29, 0.717) is 22.1 Å². The van der Waals surface area contributed by atoms with Crippen molar-refractivity contribution in [3.63, 3.8) is 0 Å². The lowest BCUT2D eigenvalue weighted by molar-refractivity contribution is -0.147. The van der Waals surface area contributed by atoms with Gasteiger partial charge in [0.2, 0.25) is 5.91 Å². The van der Waals surface area contributed by atoms with Crippen LogP contribution in [0.5, 0.6) is 5.75 Å². The minimum absolute atomic E-state index is 0.0177. The van der Waals surface area contributed by atoms with Gasteiger partial charge in [-0.3, -0.25) is 14.4 Å². The van der Waals surface area contributed by atoms with Crippen LogP contribution in [0, 0.1) is 13.8 Å². The van der Waals surface area contributed by atoms with Crippen LogP contribution in [0.3, 0.4) is 0 Å². The van der Waals surface area contributed by atoms with E-state index in [4.69, 9.17) is 21.1 Å². The van der Waals surface area contributed by atoms with E-state index < -0.39 is 11.9 Å². The molecule has 0 aliphatic rings. The number of amides is 2. The molecule has 0 radical (unpaired) electrons. The Kier molecular flexibility index (Phi) is 9.33. The number of nitrogens with one attached hydrogen (secondary N) is 2. The lowest BCUT2D eigenvalue weighted by atomic mass is 10.1. The monoisotopic (exact) mass is 510 g/mol. The van der Waals surface area contributed by atoms with Gasteiger partial charge in [-0.25, -0.2) is 0 Å². The Labute approximate surface area is 194 Å². The number of rotatable bonds is 9. The maximum absolute atomic E-state index is 12.1. The zero-order valence-electron chi connectivity index (χ0n) is 17.5. The molecule has 0 aliphatic carbocycles. The minimum atomic E-state index is -0.549. The van der Waals surface area contributed by atoms with Crippen molar-refractivity contribution in [3.8, 4) is 5.75 Å². The highest BCUT2D eigenvalue weighted by molar-refractivity contribution is 9.10. The van der Waals surface area contributed by atoms with Crippen LogP contribution in [0.15, 0.2) is 34.8 Å². The van der Waals surface area contributed by atoms with E-state index >= 15 is 0 Å². The van der Waals surface area contributed by atoms with E-state index in [9.17, 15) is 14.4 Å². The summed E-state index contributed by atoms with van der Waals surface area (Å²) in [5.41, 5.74) is 3.06. The highest BCUT2D eigenvalue weighted by Gasteiger charge is 2.13. The maximum Gasteiger partial charge on any atom is 0.306 e. The molecule has 166 valence electrons. The molecule has 2 N–H and O–H groups in total. The molecule has 0 saturated heterocycles. The molecule has 0 saturated carbocycles. The average Bonchev–Trinajstić information content (AvgIpc) is 2.73. The van der Waals surface area contributed by atoms with E-state index in [1.54, 1.807) is 24.3 Å². The van der Waals surface area contributed by atoms with E-state index in [1.807, 2.05) is 19.9 Å². The summed E-state index contributed by atoms with van der Waals surface area (Å²) in [4.78, 5) is 36.0. The third kappa shape index (κ3) is 7.56. The van der Waals surface area contributed by atoms with Crippen LogP contribution in [0.1, 0.15) is 30.4 Å². The standard InChI is InChI=1S/C22H24BrClN2O5/c1-13-14(2)17(9-8-16(13)23)25-21(28)12-31-22(29)6-4-5-20(27)26-18-11-15(24)7-10-19(18)30-3/h7-11H,4-6,12H2,1-3H3,(H,25,28)(H,26,27). The highest BCUT2D eigenvalue weighted by Crippen LogP contribution is 2.28. The van der Waals surface area contributed by atoms with Crippen LogP contribution in [-0.4, -0.2) is 31.5 Å². The first-order valence-corrected chi connectivity index (χ1v) is 10.7. The molecule has 0 atom stereocenters. The van der Waals surface area contributed by atoms with Crippen molar-refractivity contribution < 1.29 is 23.9 Å². The first-order chi connectivity index (χ1) is 14.7. The van der Waals surface area contributed by atoms with Crippen molar-refractivity contribution in [3.05, 3.63) is 51.0 Å². The van der Waals surface area contributed by atoms with Gasteiger partial charge in [-0.2, -0.15) is 0 Å². The molecule has 2 amide bonds. The first kappa shape index (κ1) is 24.7. The van der Waals surface area contributed by atoms with Gasteiger partial charge in [-0.15, -0.1) is 0 Å². The lowest BCUT2D eigenvalue weighted by Crippen LogP contribution is -2.21. The van der Waals surface area contributed by atoms with E-state index in [-0.39, 0.29) is 31.8 Å². The maximum atomic E-state index is 12.1. The largest absolute Gasteiger partial charge is 0.495 e. The highest BCUT2D eigenvalue weighted by atomic mass is 79.9. The molecule has 31 heavy (non-hydrogen) atoms. The summed E-state index contributed by atoms with van der Waals surface area (Å²) in [5, 5.41) is 5.89. The molecule has 0 aliphatic heterocycles. The molecule has 2 rings (SSSR count). The van der Waals surface area contributed by atoms with Gasteiger partial charge >= 0.3 is 5.97 Å². The Morgan fingerprint density at radius 1 is 0.968 bits per heavy atom. The van der Waals surface area contributed by atoms with Crippen molar-refractivity contribution >= 4 is 56.7 Å². The second-order valence-corrected chi connectivity index (χ2v) is 8.09. The Bertz CT molecular complexity index is 981. The number of methoxy groups -OCH3 is 1. The number of ether oxygens (including phenoxy) is 2. The topological polar surface area (TPSA) is 93.7 Å². The van der Waals surface area contributed by atoms with Crippen molar-refractivity contribution in [2.75, 3.05) is 24.4 Å². The summed E-state index contributed by atoms with van der Waals surface area (Å²) in [5.74, 6) is -0.775. The Balaban J connectivity index is 1.72. The minimum Gasteiger partial charge on any atom is -0.495 e. The number of hydrogen-bond donors (Lipinski definition) is 2. The lowest BCUT2D eigenvalue weighted by Gasteiger charge is -2.12. The summed E-state index contributed by atoms with van der Waals surface area (Å²) >= 11 is 9.37. The van der Waals surface area contributed by atoms with Crippen LogP contribution < -0.4 is 15.4 Å². The predicted octanol–water partition coefficient (Wildman–Crippen LogP) is 5.02. The molecule has 7 nitrogen and oxygen atoms in total. The number of carbonyl (C=O) groups is 3. The van der Waals surface area contributed by atoms with Crippen molar-refractivity contribution in [2.24, 2.45) is 0 Å². The predicted molar refractivity (Wildman–Crippen MR) is 124 cm³/mol. The first-order valence-electron chi connectivity index (χ1n) is 9.55. The van der Waals surface area contributed by atoms with Gasteiger partial charge in [0, 0.05) is 28.0 Å². The van der Waals surface area contributed by atoms with Gasteiger partial charge in [0.15, 0.2) is 6.61 Å². The van der Waals surface area contributed by atoms with Gasteiger partial charge in [-0.1, -0.05) is 27.5 Å². The van der Waals surface area contributed by atoms with Crippen molar-refractivity contribution in [2.45, 2.75) is 33.1 Å². The van der Waals surface area contributed by atoms with Crippen LogP contribution >= 0.6 is 27.5 Å². The molecular formula is C22H24BrClN2O5. The molecule has 0 unspecified atom stereocenters. The Morgan fingerprint density at radius 3 is 2.39 bits per heavy atom. The van der Waals surface area contributed by atoms with Gasteiger partial charge < -0.3 is 20.1 Å². The normalized spacial score (nSPS) is 10.4. The molecule has 0 fully saturated rings. The zero-order valence-corrected chi connectivity index (χ0v) is 19.9. The summed E-state index contributed by atoms with van der Waals surface area (Å²) < 4.78 is 11.1. The summed E-state index contributed by atoms with van der Waals surface area (Å²) in [6, 6.07) is 8.51. The second kappa shape index (κ2) is 11.7. The fraction of sp³-hybridized carbons (Fsp3) is 0.318. The average molecular weight is 512 g/mol.